The molecule has 0 fully saturated rings. The Morgan fingerprint density at radius 2 is 1.83 bits per heavy atom. The van der Waals surface area contributed by atoms with Crippen molar-refractivity contribution in [1.29, 1.82) is 0 Å². The molecule has 2 rings (SSSR count). The summed E-state index contributed by atoms with van der Waals surface area (Å²) in [5.41, 5.74) is 6.02. The maximum atomic E-state index is 13.2. The minimum atomic E-state index is -0.593. The lowest BCUT2D eigenvalue weighted by molar-refractivity contribution is 0.470. The molecule has 18 heavy (non-hydrogen) atoms. The molecule has 0 radical (unpaired) electrons. The highest BCUT2D eigenvalue weighted by atomic mass is 35.5. The van der Waals surface area contributed by atoms with Crippen molar-refractivity contribution in [1.82, 2.24) is 0 Å². The van der Waals surface area contributed by atoms with Gasteiger partial charge < -0.3 is 10.5 Å². The molecule has 0 aliphatic carbocycles. The highest BCUT2D eigenvalue weighted by Gasteiger charge is 2.05. The Labute approximate surface area is 108 Å². The molecule has 2 aromatic carbocycles. The van der Waals surface area contributed by atoms with Gasteiger partial charge in [-0.15, -0.1) is 0 Å². The van der Waals surface area contributed by atoms with E-state index >= 15 is 0 Å². The van der Waals surface area contributed by atoms with Gasteiger partial charge >= 0.3 is 0 Å². The van der Waals surface area contributed by atoms with Gasteiger partial charge in [0.05, 0.1) is 5.02 Å². The highest BCUT2D eigenvalue weighted by molar-refractivity contribution is 6.30. The van der Waals surface area contributed by atoms with Crippen LogP contribution < -0.4 is 10.5 Å². The number of hydrogen-bond donors (Lipinski definition) is 1. The fourth-order valence-electron chi connectivity index (χ4n) is 1.47. The summed E-state index contributed by atoms with van der Waals surface area (Å²) in [5.74, 6) is -0.547. The molecule has 0 bridgehead atoms. The maximum Gasteiger partial charge on any atom is 0.145 e. The first-order valence-electron chi connectivity index (χ1n) is 5.21. The van der Waals surface area contributed by atoms with E-state index in [2.05, 4.69) is 0 Å². The predicted octanol–water partition coefficient (Wildman–Crippen LogP) is 3.87. The molecule has 0 amide bonds. The van der Waals surface area contributed by atoms with Crippen LogP contribution in [0.25, 0.3) is 0 Å². The van der Waals surface area contributed by atoms with Gasteiger partial charge in [0.15, 0.2) is 0 Å². The lowest BCUT2D eigenvalue weighted by atomic mass is 10.2. The summed E-state index contributed by atoms with van der Waals surface area (Å²) in [5, 5.41) is 0.00393. The zero-order chi connectivity index (χ0) is 13.1. The Morgan fingerprint density at radius 3 is 2.50 bits per heavy atom. The van der Waals surface area contributed by atoms with Crippen molar-refractivity contribution < 1.29 is 13.5 Å². The van der Waals surface area contributed by atoms with Crippen LogP contribution in [0.15, 0.2) is 36.4 Å². The molecule has 0 heterocycles. The van der Waals surface area contributed by atoms with E-state index in [1.165, 1.54) is 24.3 Å². The molecule has 0 saturated carbocycles. The van der Waals surface area contributed by atoms with Gasteiger partial charge in [0, 0.05) is 18.7 Å². The first-order chi connectivity index (χ1) is 8.58. The minimum Gasteiger partial charge on any atom is -0.457 e. The van der Waals surface area contributed by atoms with E-state index in [9.17, 15) is 8.78 Å². The maximum absolute atomic E-state index is 13.2. The molecule has 0 saturated heterocycles. The van der Waals surface area contributed by atoms with Crippen molar-refractivity contribution in [2.45, 2.75) is 6.54 Å². The van der Waals surface area contributed by atoms with Gasteiger partial charge in [0.2, 0.25) is 0 Å². The summed E-state index contributed by atoms with van der Waals surface area (Å²) < 4.78 is 31.8. The molecule has 2 N–H and O–H groups in total. The molecule has 0 spiro atoms. The lowest BCUT2D eigenvalue weighted by Gasteiger charge is -2.08. The van der Waals surface area contributed by atoms with Crippen molar-refractivity contribution in [3.05, 3.63) is 58.6 Å². The van der Waals surface area contributed by atoms with Gasteiger partial charge in [-0.1, -0.05) is 11.6 Å². The van der Waals surface area contributed by atoms with Crippen LogP contribution >= 0.6 is 11.6 Å². The van der Waals surface area contributed by atoms with Crippen LogP contribution in [0.4, 0.5) is 8.78 Å². The van der Waals surface area contributed by atoms with Crippen molar-refractivity contribution >= 4 is 11.6 Å². The number of halogens is 3. The van der Waals surface area contributed by atoms with Gasteiger partial charge in [-0.2, -0.15) is 0 Å². The van der Waals surface area contributed by atoms with Crippen LogP contribution in [-0.2, 0) is 6.54 Å². The van der Waals surface area contributed by atoms with Crippen LogP contribution in [0.3, 0.4) is 0 Å². The molecule has 0 aliphatic rings. The van der Waals surface area contributed by atoms with Gasteiger partial charge in [-0.05, 0) is 29.8 Å². The van der Waals surface area contributed by atoms with Gasteiger partial charge in [-0.25, -0.2) is 8.78 Å². The van der Waals surface area contributed by atoms with E-state index in [0.29, 0.717) is 5.56 Å². The second-order valence-corrected chi connectivity index (χ2v) is 4.08. The third kappa shape index (κ3) is 2.97. The smallest absolute Gasteiger partial charge is 0.145 e. The van der Waals surface area contributed by atoms with Gasteiger partial charge in [-0.3, -0.25) is 0 Å². The molecule has 0 unspecified atom stereocenters. The van der Waals surface area contributed by atoms with Crippen molar-refractivity contribution in [3.63, 3.8) is 0 Å². The third-order valence-electron chi connectivity index (χ3n) is 2.29. The Hall–Kier alpha value is -1.65. The average molecular weight is 270 g/mol. The van der Waals surface area contributed by atoms with E-state index in [0.717, 1.165) is 6.07 Å². The third-order valence-corrected chi connectivity index (χ3v) is 2.60. The Bertz CT molecular complexity index is 575. The van der Waals surface area contributed by atoms with Crippen LogP contribution in [0.5, 0.6) is 11.5 Å². The summed E-state index contributed by atoms with van der Waals surface area (Å²) >= 11 is 5.55. The van der Waals surface area contributed by atoms with E-state index in [-0.39, 0.29) is 23.1 Å². The SMILES string of the molecule is NCc1cc(F)cc(Oc2ccc(Cl)c(F)c2)c1. The molecule has 94 valence electrons. The van der Waals surface area contributed by atoms with Crippen molar-refractivity contribution in [2.75, 3.05) is 0 Å². The van der Waals surface area contributed by atoms with Crippen LogP contribution in [-0.4, -0.2) is 0 Å². The Balaban J connectivity index is 2.27. The van der Waals surface area contributed by atoms with E-state index in [1.54, 1.807) is 6.07 Å². The summed E-state index contributed by atoms with van der Waals surface area (Å²) in [6, 6.07) is 8.11. The van der Waals surface area contributed by atoms with Crippen molar-refractivity contribution in [3.8, 4) is 11.5 Å². The molecular weight excluding hydrogens is 260 g/mol. The number of nitrogens with two attached hydrogens (primary N) is 1. The zero-order valence-electron chi connectivity index (χ0n) is 9.29. The monoisotopic (exact) mass is 269 g/mol. The van der Waals surface area contributed by atoms with E-state index in [4.69, 9.17) is 22.1 Å². The normalized spacial score (nSPS) is 10.4. The molecule has 0 aliphatic heterocycles. The Morgan fingerprint density at radius 1 is 1.06 bits per heavy atom. The first kappa shape index (κ1) is 12.8. The fourth-order valence-corrected chi connectivity index (χ4v) is 1.59. The number of benzene rings is 2. The second-order valence-electron chi connectivity index (χ2n) is 3.68. The molecule has 0 atom stereocenters. The molecular formula is C13H10ClF2NO. The van der Waals surface area contributed by atoms with Crippen LogP contribution in [0.1, 0.15) is 5.56 Å². The summed E-state index contributed by atoms with van der Waals surface area (Å²) in [4.78, 5) is 0. The summed E-state index contributed by atoms with van der Waals surface area (Å²) in [7, 11) is 0. The molecule has 0 aromatic heterocycles. The minimum absolute atomic E-state index is 0.00393. The Kier molecular flexibility index (Phi) is 3.79. The zero-order valence-corrected chi connectivity index (χ0v) is 10.0. The number of hydrogen-bond acceptors (Lipinski definition) is 2. The van der Waals surface area contributed by atoms with E-state index < -0.39 is 11.6 Å². The van der Waals surface area contributed by atoms with E-state index in [1.807, 2.05) is 0 Å². The summed E-state index contributed by atoms with van der Waals surface area (Å²) in [6.07, 6.45) is 0. The summed E-state index contributed by atoms with van der Waals surface area (Å²) in [6.45, 7) is 0.198. The highest BCUT2D eigenvalue weighted by Crippen LogP contribution is 2.26. The standard InChI is InChI=1S/C13H10ClF2NO/c14-12-2-1-10(6-13(12)16)18-11-4-8(7-17)3-9(15)5-11/h1-6H,7,17H2. The molecule has 2 nitrogen and oxygen atoms in total. The topological polar surface area (TPSA) is 35.2 Å². The second kappa shape index (κ2) is 5.33. The van der Waals surface area contributed by atoms with Crippen LogP contribution in [0, 0.1) is 11.6 Å². The number of rotatable bonds is 3. The lowest BCUT2D eigenvalue weighted by Crippen LogP contribution is -1.97. The number of ether oxygens (including phenoxy) is 1. The predicted molar refractivity (Wildman–Crippen MR) is 65.8 cm³/mol. The average Bonchev–Trinajstić information content (AvgIpc) is 2.33. The fraction of sp³-hybridized carbons (Fsp3) is 0.0769. The van der Waals surface area contributed by atoms with Crippen LogP contribution in [0.2, 0.25) is 5.02 Å². The van der Waals surface area contributed by atoms with Crippen molar-refractivity contribution in [2.24, 2.45) is 5.73 Å². The first-order valence-corrected chi connectivity index (χ1v) is 5.59. The largest absolute Gasteiger partial charge is 0.457 e. The quantitative estimate of drug-likeness (QED) is 0.918. The van der Waals surface area contributed by atoms with Gasteiger partial charge in [0.1, 0.15) is 23.1 Å². The molecule has 5 heteroatoms. The molecule has 2 aromatic rings. The van der Waals surface area contributed by atoms with Gasteiger partial charge in [0.25, 0.3) is 0 Å².